The van der Waals surface area contributed by atoms with Gasteiger partial charge in [-0.15, -0.1) is 0 Å². The molecule has 1 unspecified atom stereocenters. The van der Waals surface area contributed by atoms with Gasteiger partial charge in [-0.2, -0.15) is 0 Å². The Morgan fingerprint density at radius 1 is 1.19 bits per heavy atom. The van der Waals surface area contributed by atoms with Crippen LogP contribution in [0.5, 0.6) is 5.75 Å². The standard InChI is InChI=1S/C20H22NO5P/c1-4-26-27(3,24)20-12-17(11-18(13-22)21-20)6-5-16-7-9-19(10-8-16)25-14-15(2)23/h7-12,22H,4,13-14H2,1-3H3. The van der Waals surface area contributed by atoms with E-state index in [4.69, 9.17) is 9.26 Å². The summed E-state index contributed by atoms with van der Waals surface area (Å²) in [4.78, 5) is 15.1. The second-order valence-corrected chi connectivity index (χ2v) is 8.30. The Bertz CT molecular complexity index is 912. The first-order chi connectivity index (χ1) is 12.8. The van der Waals surface area contributed by atoms with Crippen molar-refractivity contribution in [2.45, 2.75) is 20.5 Å². The van der Waals surface area contributed by atoms with E-state index in [1.165, 1.54) is 13.6 Å². The number of aromatic nitrogens is 1. The number of carbonyl (C=O) groups is 1. The van der Waals surface area contributed by atoms with Crippen LogP contribution >= 0.6 is 7.37 Å². The largest absolute Gasteiger partial charge is 0.486 e. The molecule has 0 bridgehead atoms. The minimum Gasteiger partial charge on any atom is -0.486 e. The molecule has 0 radical (unpaired) electrons. The van der Waals surface area contributed by atoms with E-state index in [0.717, 1.165) is 5.56 Å². The number of Topliss-reactive ketones (excluding diaryl/α,β-unsaturated/α-hetero) is 1. The molecule has 0 saturated heterocycles. The van der Waals surface area contributed by atoms with Crippen LogP contribution in [0.3, 0.4) is 0 Å². The molecule has 1 N–H and O–H groups in total. The van der Waals surface area contributed by atoms with Crippen LogP contribution in [0.4, 0.5) is 0 Å². The predicted octanol–water partition coefficient (Wildman–Crippen LogP) is 2.51. The number of nitrogens with zero attached hydrogens (tertiary/aromatic N) is 1. The molecule has 0 saturated carbocycles. The van der Waals surface area contributed by atoms with E-state index in [1.807, 2.05) is 0 Å². The molecule has 0 aliphatic carbocycles. The number of ketones is 1. The summed E-state index contributed by atoms with van der Waals surface area (Å²) in [6, 6.07) is 10.3. The Morgan fingerprint density at radius 3 is 2.44 bits per heavy atom. The zero-order valence-corrected chi connectivity index (χ0v) is 16.5. The van der Waals surface area contributed by atoms with E-state index in [0.29, 0.717) is 23.6 Å². The number of benzene rings is 1. The van der Waals surface area contributed by atoms with Gasteiger partial charge in [0.2, 0.25) is 7.37 Å². The first-order valence-electron chi connectivity index (χ1n) is 8.43. The van der Waals surface area contributed by atoms with Crippen molar-refractivity contribution in [2.75, 3.05) is 19.9 Å². The molecule has 2 rings (SSSR count). The van der Waals surface area contributed by atoms with Crippen molar-refractivity contribution in [3.8, 4) is 17.6 Å². The van der Waals surface area contributed by atoms with Gasteiger partial charge in [-0.05, 0) is 50.2 Å². The molecule has 1 aromatic heterocycles. The van der Waals surface area contributed by atoms with Crippen molar-refractivity contribution in [3.63, 3.8) is 0 Å². The van der Waals surface area contributed by atoms with Gasteiger partial charge in [-0.1, -0.05) is 11.8 Å². The molecule has 2 aromatic rings. The Labute approximate surface area is 159 Å². The maximum Gasteiger partial charge on any atom is 0.247 e. The number of ether oxygens (including phenoxy) is 1. The fourth-order valence-corrected chi connectivity index (χ4v) is 3.52. The van der Waals surface area contributed by atoms with E-state index < -0.39 is 7.37 Å². The highest BCUT2D eigenvalue weighted by Gasteiger charge is 2.21. The fraction of sp³-hybridized carbons (Fsp3) is 0.300. The molecule has 1 atom stereocenters. The van der Waals surface area contributed by atoms with Gasteiger partial charge >= 0.3 is 0 Å². The second-order valence-electron chi connectivity index (χ2n) is 5.89. The summed E-state index contributed by atoms with van der Waals surface area (Å²) in [6.45, 7) is 4.78. The van der Waals surface area contributed by atoms with Crippen molar-refractivity contribution in [3.05, 3.63) is 53.2 Å². The van der Waals surface area contributed by atoms with Crippen molar-refractivity contribution in [1.29, 1.82) is 0 Å². The van der Waals surface area contributed by atoms with Gasteiger partial charge in [0.25, 0.3) is 0 Å². The van der Waals surface area contributed by atoms with Gasteiger partial charge < -0.3 is 14.4 Å². The number of aliphatic hydroxyl groups is 1. The monoisotopic (exact) mass is 387 g/mol. The average molecular weight is 387 g/mol. The summed E-state index contributed by atoms with van der Waals surface area (Å²) in [6.07, 6.45) is 0. The third-order valence-corrected chi connectivity index (χ3v) is 5.28. The maximum atomic E-state index is 12.6. The quantitative estimate of drug-likeness (QED) is 0.580. The predicted molar refractivity (Wildman–Crippen MR) is 104 cm³/mol. The molecule has 7 heteroatoms. The summed E-state index contributed by atoms with van der Waals surface area (Å²) in [5.41, 5.74) is 2.00. The lowest BCUT2D eigenvalue weighted by atomic mass is 10.2. The van der Waals surface area contributed by atoms with Crippen LogP contribution in [0.15, 0.2) is 36.4 Å². The third kappa shape index (κ3) is 6.33. The molecule has 6 nitrogen and oxygen atoms in total. The van der Waals surface area contributed by atoms with E-state index in [9.17, 15) is 14.5 Å². The Morgan fingerprint density at radius 2 is 1.85 bits per heavy atom. The molecule has 0 spiro atoms. The number of aliphatic hydroxyl groups excluding tert-OH is 1. The lowest BCUT2D eigenvalue weighted by Crippen LogP contribution is -2.14. The Kier molecular flexibility index (Phi) is 7.32. The van der Waals surface area contributed by atoms with Crippen molar-refractivity contribution >= 4 is 18.6 Å². The van der Waals surface area contributed by atoms with Crippen molar-refractivity contribution < 1.29 is 23.7 Å². The summed E-state index contributed by atoms with van der Waals surface area (Å²) in [5.74, 6) is 6.53. The van der Waals surface area contributed by atoms with Crippen LogP contribution < -0.4 is 10.2 Å². The highest BCUT2D eigenvalue weighted by atomic mass is 31.2. The fourth-order valence-electron chi connectivity index (χ4n) is 2.21. The topological polar surface area (TPSA) is 85.7 Å². The van der Waals surface area contributed by atoms with E-state index in [-0.39, 0.29) is 24.4 Å². The lowest BCUT2D eigenvalue weighted by Gasteiger charge is -2.13. The van der Waals surface area contributed by atoms with Gasteiger partial charge in [0.05, 0.1) is 18.9 Å². The zero-order valence-electron chi connectivity index (χ0n) is 15.6. The summed E-state index contributed by atoms with van der Waals surface area (Å²) < 4.78 is 23.2. The molecular formula is C20H22NO5P. The first-order valence-corrected chi connectivity index (χ1v) is 10.5. The van der Waals surface area contributed by atoms with Crippen LogP contribution in [-0.4, -0.2) is 35.8 Å². The minimum absolute atomic E-state index is 0.0334. The van der Waals surface area contributed by atoms with Crippen molar-refractivity contribution in [2.24, 2.45) is 0 Å². The number of hydrogen-bond acceptors (Lipinski definition) is 6. The SMILES string of the molecule is CCOP(C)(=O)c1cc(C#Cc2ccc(OCC(C)=O)cc2)cc(CO)n1. The minimum atomic E-state index is -3.06. The van der Waals surface area contributed by atoms with Gasteiger partial charge in [0, 0.05) is 17.8 Å². The molecule has 0 aliphatic rings. The Hall–Kier alpha value is -2.45. The zero-order chi connectivity index (χ0) is 19.9. The first kappa shape index (κ1) is 20.9. The van der Waals surface area contributed by atoms with Crippen LogP contribution in [0.1, 0.15) is 30.7 Å². The third-order valence-electron chi connectivity index (χ3n) is 3.47. The number of hydrogen-bond donors (Lipinski definition) is 1. The number of rotatable bonds is 7. The summed E-state index contributed by atoms with van der Waals surface area (Å²) in [7, 11) is -3.06. The Balaban J connectivity index is 2.25. The van der Waals surface area contributed by atoms with Gasteiger partial charge in [-0.3, -0.25) is 9.36 Å². The molecule has 1 heterocycles. The highest BCUT2D eigenvalue weighted by Crippen LogP contribution is 2.40. The molecule has 0 aliphatic heterocycles. The van der Waals surface area contributed by atoms with E-state index in [1.54, 1.807) is 43.3 Å². The summed E-state index contributed by atoms with van der Waals surface area (Å²) in [5, 5.41) is 9.41. The molecule has 0 amide bonds. The highest BCUT2D eigenvalue weighted by molar-refractivity contribution is 7.65. The molecule has 27 heavy (non-hydrogen) atoms. The van der Waals surface area contributed by atoms with Crippen LogP contribution in [-0.2, 0) is 20.5 Å². The van der Waals surface area contributed by atoms with Crippen LogP contribution in [0.25, 0.3) is 0 Å². The smallest absolute Gasteiger partial charge is 0.247 e. The molecular weight excluding hydrogens is 365 g/mol. The lowest BCUT2D eigenvalue weighted by molar-refractivity contribution is -0.118. The van der Waals surface area contributed by atoms with Gasteiger partial charge in [-0.25, -0.2) is 4.98 Å². The maximum absolute atomic E-state index is 12.6. The number of pyridine rings is 1. The summed E-state index contributed by atoms with van der Waals surface area (Å²) >= 11 is 0. The molecule has 0 fully saturated rings. The van der Waals surface area contributed by atoms with Crippen LogP contribution in [0.2, 0.25) is 0 Å². The van der Waals surface area contributed by atoms with Gasteiger partial charge in [0.1, 0.15) is 17.8 Å². The van der Waals surface area contributed by atoms with Crippen molar-refractivity contribution in [1.82, 2.24) is 4.98 Å². The molecule has 1 aromatic carbocycles. The van der Waals surface area contributed by atoms with E-state index in [2.05, 4.69) is 16.8 Å². The second kappa shape index (κ2) is 9.48. The van der Waals surface area contributed by atoms with Crippen LogP contribution in [0, 0.1) is 11.8 Å². The van der Waals surface area contributed by atoms with E-state index >= 15 is 0 Å². The normalized spacial score (nSPS) is 12.6. The average Bonchev–Trinajstić information content (AvgIpc) is 2.65. The number of carbonyl (C=O) groups excluding carboxylic acids is 1. The van der Waals surface area contributed by atoms with Gasteiger partial charge in [0.15, 0.2) is 5.78 Å². The molecule has 142 valence electrons.